The molecule has 7 heteroatoms. The van der Waals surface area contributed by atoms with Crippen LogP contribution in [0, 0.1) is 6.92 Å². The summed E-state index contributed by atoms with van der Waals surface area (Å²) in [5.74, 6) is 0.436. The number of anilines is 1. The number of carbonyl (C=O) groups is 1. The Balaban J connectivity index is 2.55. The van der Waals surface area contributed by atoms with Gasteiger partial charge in [0.05, 0.1) is 6.61 Å². The lowest BCUT2D eigenvalue weighted by Crippen LogP contribution is -2.39. The van der Waals surface area contributed by atoms with Gasteiger partial charge in [0.25, 0.3) is 0 Å². The van der Waals surface area contributed by atoms with Crippen LogP contribution >= 0.6 is 11.6 Å². The third-order valence-electron chi connectivity index (χ3n) is 2.29. The molecule has 0 aliphatic rings. The first-order valence-electron chi connectivity index (χ1n) is 5.57. The van der Waals surface area contributed by atoms with E-state index in [0.717, 1.165) is 5.56 Å². The van der Waals surface area contributed by atoms with Crippen LogP contribution in [0.15, 0.2) is 6.20 Å². The molecular weight excluding hydrogens is 256 g/mol. The van der Waals surface area contributed by atoms with Gasteiger partial charge in [0.15, 0.2) is 0 Å². The monoisotopic (exact) mass is 272 g/mol. The molecular formula is C11H17ClN4O2. The molecule has 18 heavy (non-hydrogen) atoms. The highest BCUT2D eigenvalue weighted by Crippen LogP contribution is 2.13. The predicted octanol–water partition coefficient (Wildman–Crippen LogP) is 1.00. The summed E-state index contributed by atoms with van der Waals surface area (Å²) < 4.78 is 4.85. The van der Waals surface area contributed by atoms with Crippen LogP contribution in [-0.4, -0.2) is 42.2 Å². The minimum atomic E-state index is -0.411. The summed E-state index contributed by atoms with van der Waals surface area (Å²) >= 11 is 5.70. The van der Waals surface area contributed by atoms with E-state index in [1.807, 2.05) is 6.92 Å². The summed E-state index contributed by atoms with van der Waals surface area (Å²) in [6.07, 6.45) is 1.60. The molecule has 6 nitrogen and oxygen atoms in total. The molecule has 0 fully saturated rings. The number of nitrogens with one attached hydrogen (secondary N) is 2. The zero-order valence-corrected chi connectivity index (χ0v) is 11.4. The van der Waals surface area contributed by atoms with Gasteiger partial charge in [0.1, 0.15) is 11.9 Å². The normalized spacial score (nSPS) is 12.0. The number of amides is 1. The molecule has 1 aromatic heterocycles. The van der Waals surface area contributed by atoms with Gasteiger partial charge in [-0.2, -0.15) is 0 Å². The van der Waals surface area contributed by atoms with Crippen molar-refractivity contribution < 1.29 is 9.53 Å². The van der Waals surface area contributed by atoms with Crippen molar-refractivity contribution >= 4 is 23.3 Å². The maximum absolute atomic E-state index is 11.7. The minimum Gasteiger partial charge on any atom is -0.383 e. The molecule has 0 aliphatic carbocycles. The summed E-state index contributed by atoms with van der Waals surface area (Å²) in [6.45, 7) is 4.55. The third kappa shape index (κ3) is 4.46. The van der Waals surface area contributed by atoms with Gasteiger partial charge in [-0.25, -0.2) is 9.97 Å². The molecule has 100 valence electrons. The van der Waals surface area contributed by atoms with Crippen LogP contribution < -0.4 is 10.6 Å². The van der Waals surface area contributed by atoms with E-state index in [-0.39, 0.29) is 11.2 Å². The largest absolute Gasteiger partial charge is 0.383 e. The van der Waals surface area contributed by atoms with Crippen LogP contribution in [0.25, 0.3) is 0 Å². The Bertz CT molecular complexity index is 414. The lowest BCUT2D eigenvalue weighted by molar-refractivity contribution is -0.121. The minimum absolute atomic E-state index is 0.124. The summed E-state index contributed by atoms with van der Waals surface area (Å²) in [7, 11) is 1.58. The van der Waals surface area contributed by atoms with Crippen LogP contribution in [0.5, 0.6) is 0 Å². The van der Waals surface area contributed by atoms with Gasteiger partial charge in [0, 0.05) is 25.4 Å². The second-order valence-electron chi connectivity index (χ2n) is 3.82. The van der Waals surface area contributed by atoms with Crippen molar-refractivity contribution in [3.8, 4) is 0 Å². The van der Waals surface area contributed by atoms with E-state index in [4.69, 9.17) is 16.3 Å². The number of hydrogen-bond acceptors (Lipinski definition) is 5. The highest BCUT2D eigenvalue weighted by Gasteiger charge is 2.14. The average Bonchev–Trinajstić information content (AvgIpc) is 2.34. The second-order valence-corrected chi connectivity index (χ2v) is 4.16. The van der Waals surface area contributed by atoms with Crippen molar-refractivity contribution in [1.82, 2.24) is 15.3 Å². The summed E-state index contributed by atoms with van der Waals surface area (Å²) in [5.41, 5.74) is 0.830. The number of carbonyl (C=O) groups excluding carboxylic acids is 1. The van der Waals surface area contributed by atoms with Crippen molar-refractivity contribution in [2.45, 2.75) is 19.9 Å². The van der Waals surface area contributed by atoms with Crippen LogP contribution in [0.3, 0.4) is 0 Å². The van der Waals surface area contributed by atoms with E-state index in [9.17, 15) is 4.79 Å². The van der Waals surface area contributed by atoms with Gasteiger partial charge >= 0.3 is 0 Å². The number of aryl methyl sites for hydroxylation is 1. The fraction of sp³-hybridized carbons (Fsp3) is 0.545. The Labute approximate surface area is 111 Å². The summed E-state index contributed by atoms with van der Waals surface area (Å²) in [4.78, 5) is 19.6. The molecule has 1 rings (SSSR count). The number of ether oxygens (including phenoxy) is 1. The Morgan fingerprint density at radius 1 is 1.61 bits per heavy atom. The van der Waals surface area contributed by atoms with Crippen molar-refractivity contribution in [3.05, 3.63) is 17.0 Å². The van der Waals surface area contributed by atoms with E-state index in [1.165, 1.54) is 0 Å². The fourth-order valence-electron chi connectivity index (χ4n) is 1.27. The molecule has 0 radical (unpaired) electrons. The highest BCUT2D eigenvalue weighted by molar-refractivity contribution is 6.28. The van der Waals surface area contributed by atoms with Crippen molar-refractivity contribution in [2.24, 2.45) is 0 Å². The van der Waals surface area contributed by atoms with Gasteiger partial charge in [-0.15, -0.1) is 0 Å². The van der Waals surface area contributed by atoms with Gasteiger partial charge in [-0.1, -0.05) is 0 Å². The molecule has 1 heterocycles. The van der Waals surface area contributed by atoms with Crippen molar-refractivity contribution in [1.29, 1.82) is 0 Å². The molecule has 1 aromatic rings. The first-order valence-corrected chi connectivity index (χ1v) is 5.94. The quantitative estimate of drug-likeness (QED) is 0.597. The van der Waals surface area contributed by atoms with Gasteiger partial charge in [0.2, 0.25) is 11.2 Å². The van der Waals surface area contributed by atoms with Crippen LogP contribution in [0.2, 0.25) is 5.28 Å². The summed E-state index contributed by atoms with van der Waals surface area (Å²) in [5, 5.41) is 5.87. The zero-order valence-electron chi connectivity index (χ0n) is 10.7. The lowest BCUT2D eigenvalue weighted by atomic mass is 10.2. The molecule has 1 unspecified atom stereocenters. The van der Waals surface area contributed by atoms with Gasteiger partial charge < -0.3 is 15.4 Å². The molecule has 0 spiro atoms. The maximum Gasteiger partial charge on any atom is 0.242 e. The third-order valence-corrected chi connectivity index (χ3v) is 2.48. The molecule has 0 saturated heterocycles. The second kappa shape index (κ2) is 7.13. The zero-order chi connectivity index (χ0) is 13.5. The fourth-order valence-corrected chi connectivity index (χ4v) is 1.40. The van der Waals surface area contributed by atoms with Crippen LogP contribution in [0.1, 0.15) is 12.5 Å². The first-order chi connectivity index (χ1) is 8.54. The standard InChI is InChI=1S/C11H17ClN4O2/c1-7-6-14-11(12)16-9(7)15-8(2)10(17)13-4-5-18-3/h6,8H,4-5H2,1-3H3,(H,13,17)(H,14,15,16). The SMILES string of the molecule is COCCNC(=O)C(C)Nc1nc(Cl)ncc1C. The molecule has 2 N–H and O–H groups in total. The average molecular weight is 273 g/mol. The lowest BCUT2D eigenvalue weighted by Gasteiger charge is -2.15. The molecule has 1 amide bonds. The molecule has 1 atom stereocenters. The number of rotatable bonds is 6. The predicted molar refractivity (Wildman–Crippen MR) is 69.7 cm³/mol. The Morgan fingerprint density at radius 3 is 3.00 bits per heavy atom. The van der Waals surface area contributed by atoms with Gasteiger partial charge in [-0.3, -0.25) is 4.79 Å². The van der Waals surface area contributed by atoms with Crippen molar-refractivity contribution in [2.75, 3.05) is 25.6 Å². The molecule has 0 saturated carbocycles. The van der Waals surface area contributed by atoms with E-state index >= 15 is 0 Å². The number of aromatic nitrogens is 2. The smallest absolute Gasteiger partial charge is 0.242 e. The van der Waals surface area contributed by atoms with Crippen molar-refractivity contribution in [3.63, 3.8) is 0 Å². The molecule has 0 aromatic carbocycles. The van der Waals surface area contributed by atoms with Gasteiger partial charge in [-0.05, 0) is 25.4 Å². The van der Waals surface area contributed by atoms with E-state index in [1.54, 1.807) is 20.2 Å². The van der Waals surface area contributed by atoms with E-state index < -0.39 is 6.04 Å². The topological polar surface area (TPSA) is 76.1 Å². The first kappa shape index (κ1) is 14.7. The number of hydrogen-bond donors (Lipinski definition) is 2. The Kier molecular flexibility index (Phi) is 5.80. The summed E-state index contributed by atoms with van der Waals surface area (Å²) in [6, 6.07) is -0.411. The van der Waals surface area contributed by atoms with E-state index in [2.05, 4.69) is 20.6 Å². The highest BCUT2D eigenvalue weighted by atomic mass is 35.5. The maximum atomic E-state index is 11.7. The van der Waals surface area contributed by atoms with Crippen LogP contribution in [-0.2, 0) is 9.53 Å². The van der Waals surface area contributed by atoms with Crippen LogP contribution in [0.4, 0.5) is 5.82 Å². The number of methoxy groups -OCH3 is 1. The Hall–Kier alpha value is -1.40. The number of nitrogens with zero attached hydrogens (tertiary/aromatic N) is 2. The molecule has 0 bridgehead atoms. The molecule has 0 aliphatic heterocycles. The van der Waals surface area contributed by atoms with E-state index in [0.29, 0.717) is 19.0 Å². The Morgan fingerprint density at radius 2 is 2.33 bits per heavy atom. The number of halogens is 1.